The molecule has 1 aromatic carbocycles. The van der Waals surface area contributed by atoms with Gasteiger partial charge < -0.3 is 10.1 Å². The summed E-state index contributed by atoms with van der Waals surface area (Å²) in [7, 11) is 0. The van der Waals surface area contributed by atoms with Gasteiger partial charge in [-0.1, -0.05) is 19.9 Å². The van der Waals surface area contributed by atoms with E-state index in [0.29, 0.717) is 18.1 Å². The van der Waals surface area contributed by atoms with Crippen molar-refractivity contribution in [1.29, 1.82) is 0 Å². The van der Waals surface area contributed by atoms with Gasteiger partial charge in [-0.25, -0.2) is 0 Å². The summed E-state index contributed by atoms with van der Waals surface area (Å²) in [4.78, 5) is 12.6. The minimum atomic E-state index is -0.191. The Hall–Kier alpha value is -2.30. The normalized spacial score (nSPS) is 10.6. The molecular weight excluding hydrogens is 290 g/mol. The zero-order chi connectivity index (χ0) is 16.8. The number of amides is 1. The second-order valence-electron chi connectivity index (χ2n) is 5.79. The van der Waals surface area contributed by atoms with E-state index in [9.17, 15) is 4.79 Å². The number of nitrogens with zero attached hydrogens (tertiary/aromatic N) is 2. The van der Waals surface area contributed by atoms with Crippen molar-refractivity contribution in [3.8, 4) is 5.88 Å². The van der Waals surface area contributed by atoms with Crippen LogP contribution in [0.15, 0.2) is 24.4 Å². The lowest BCUT2D eigenvalue weighted by atomic mass is 10.1. The van der Waals surface area contributed by atoms with Crippen molar-refractivity contribution in [2.45, 2.75) is 47.1 Å². The zero-order valence-corrected chi connectivity index (χ0v) is 14.3. The third kappa shape index (κ3) is 4.58. The smallest absolute Gasteiger partial charge is 0.262 e. The fourth-order valence-corrected chi connectivity index (χ4v) is 2.45. The van der Waals surface area contributed by atoms with E-state index in [1.165, 1.54) is 0 Å². The van der Waals surface area contributed by atoms with Crippen LogP contribution in [-0.4, -0.2) is 22.3 Å². The molecule has 5 heteroatoms. The molecule has 2 aromatic rings. The van der Waals surface area contributed by atoms with Crippen LogP contribution in [0, 0.1) is 13.8 Å². The Bertz CT molecular complexity index is 657. The summed E-state index contributed by atoms with van der Waals surface area (Å²) in [6.45, 7) is 9.43. The summed E-state index contributed by atoms with van der Waals surface area (Å²) in [5, 5.41) is 7.31. The Morgan fingerprint density at radius 1 is 1.17 bits per heavy atom. The van der Waals surface area contributed by atoms with Gasteiger partial charge in [0.25, 0.3) is 5.91 Å². The molecule has 0 unspecified atom stereocenters. The molecule has 0 aliphatic rings. The summed E-state index contributed by atoms with van der Waals surface area (Å²) in [5.74, 6) is 0.214. The lowest BCUT2D eigenvalue weighted by molar-refractivity contribution is 0.102. The summed E-state index contributed by atoms with van der Waals surface area (Å²) in [6.07, 6.45) is 3.58. The van der Waals surface area contributed by atoms with Gasteiger partial charge in [-0.15, -0.1) is 5.10 Å². The van der Waals surface area contributed by atoms with Gasteiger partial charge in [0.15, 0.2) is 0 Å². The highest BCUT2D eigenvalue weighted by Gasteiger charge is 2.18. The van der Waals surface area contributed by atoms with Crippen molar-refractivity contribution >= 4 is 11.6 Å². The van der Waals surface area contributed by atoms with Gasteiger partial charge in [0.05, 0.1) is 6.61 Å². The van der Waals surface area contributed by atoms with Gasteiger partial charge in [0, 0.05) is 18.4 Å². The number of carbonyl (C=O) groups excluding carboxylic acids is 1. The zero-order valence-electron chi connectivity index (χ0n) is 14.3. The van der Waals surface area contributed by atoms with Crippen molar-refractivity contribution < 1.29 is 9.53 Å². The monoisotopic (exact) mass is 315 g/mol. The van der Waals surface area contributed by atoms with E-state index in [4.69, 9.17) is 4.74 Å². The maximum atomic E-state index is 12.6. The number of nitrogens with one attached hydrogen (secondary N) is 1. The topological polar surface area (TPSA) is 56.2 Å². The molecule has 5 nitrogen and oxygen atoms in total. The van der Waals surface area contributed by atoms with E-state index in [2.05, 4.69) is 23.4 Å². The first-order valence-corrected chi connectivity index (χ1v) is 8.13. The summed E-state index contributed by atoms with van der Waals surface area (Å²) < 4.78 is 7.39. The molecule has 1 amide bonds. The number of hydrogen-bond acceptors (Lipinski definition) is 3. The molecule has 1 aromatic heterocycles. The quantitative estimate of drug-likeness (QED) is 0.841. The Labute approximate surface area is 137 Å². The van der Waals surface area contributed by atoms with Crippen molar-refractivity contribution in [2.75, 3.05) is 11.9 Å². The van der Waals surface area contributed by atoms with Crippen LogP contribution in [0.1, 0.15) is 48.2 Å². The van der Waals surface area contributed by atoms with Crippen molar-refractivity contribution in [3.05, 3.63) is 41.1 Å². The van der Waals surface area contributed by atoms with Crippen LogP contribution < -0.4 is 10.1 Å². The number of ether oxygens (including phenoxy) is 1. The van der Waals surface area contributed by atoms with Gasteiger partial charge >= 0.3 is 0 Å². The van der Waals surface area contributed by atoms with Crippen LogP contribution in [0.3, 0.4) is 0 Å². The van der Waals surface area contributed by atoms with Gasteiger partial charge in [-0.2, -0.15) is 0 Å². The molecule has 0 saturated carbocycles. The van der Waals surface area contributed by atoms with E-state index >= 15 is 0 Å². The molecule has 0 saturated heterocycles. The lowest BCUT2D eigenvalue weighted by Crippen LogP contribution is -2.13. The summed E-state index contributed by atoms with van der Waals surface area (Å²) in [5.41, 5.74) is 3.50. The van der Waals surface area contributed by atoms with E-state index in [1.807, 2.05) is 32.9 Å². The predicted octanol–water partition coefficient (Wildman–Crippen LogP) is 3.95. The number of carbonyl (C=O) groups is 1. The molecule has 23 heavy (non-hydrogen) atoms. The number of aryl methyl sites for hydroxylation is 3. The largest absolute Gasteiger partial charge is 0.476 e. The van der Waals surface area contributed by atoms with Gasteiger partial charge in [0.2, 0.25) is 5.88 Å². The van der Waals surface area contributed by atoms with E-state index in [0.717, 1.165) is 36.2 Å². The second-order valence-corrected chi connectivity index (χ2v) is 5.79. The number of rotatable bonds is 7. The molecule has 0 fully saturated rings. The minimum absolute atomic E-state index is 0.191. The summed E-state index contributed by atoms with van der Waals surface area (Å²) >= 11 is 0. The Balaban J connectivity index is 2.22. The second kappa shape index (κ2) is 7.81. The third-order valence-electron chi connectivity index (χ3n) is 3.35. The molecule has 1 heterocycles. The lowest BCUT2D eigenvalue weighted by Gasteiger charge is -2.08. The van der Waals surface area contributed by atoms with E-state index < -0.39 is 0 Å². The predicted molar refractivity (Wildman–Crippen MR) is 92.2 cm³/mol. The van der Waals surface area contributed by atoms with Gasteiger partial charge in [0.1, 0.15) is 5.56 Å². The highest BCUT2D eigenvalue weighted by molar-refractivity contribution is 6.05. The molecule has 2 rings (SSSR count). The molecule has 0 aliphatic carbocycles. The fourth-order valence-electron chi connectivity index (χ4n) is 2.45. The van der Waals surface area contributed by atoms with Crippen LogP contribution in [0.4, 0.5) is 5.69 Å². The Kier molecular flexibility index (Phi) is 5.79. The molecule has 0 spiro atoms. The van der Waals surface area contributed by atoms with E-state index in [1.54, 1.807) is 10.9 Å². The molecule has 0 atom stereocenters. The average Bonchev–Trinajstić information content (AvgIpc) is 2.87. The number of aromatic nitrogens is 2. The average molecular weight is 315 g/mol. The maximum Gasteiger partial charge on any atom is 0.262 e. The standard InChI is InChI=1S/C18H25N3O2/c1-5-7-21-12-16(18(20-21)23-8-6-2)17(22)19-15-10-13(3)9-14(4)11-15/h9-12H,5-8H2,1-4H3,(H,19,22). The van der Waals surface area contributed by atoms with Crippen LogP contribution in [0.5, 0.6) is 5.88 Å². The summed E-state index contributed by atoms with van der Waals surface area (Å²) in [6, 6.07) is 5.98. The third-order valence-corrected chi connectivity index (χ3v) is 3.35. The van der Waals surface area contributed by atoms with Crippen LogP contribution in [0.2, 0.25) is 0 Å². The van der Waals surface area contributed by atoms with Crippen LogP contribution in [0.25, 0.3) is 0 Å². The number of hydrogen-bond donors (Lipinski definition) is 1. The van der Waals surface area contributed by atoms with E-state index in [-0.39, 0.29) is 5.91 Å². The SMILES string of the molecule is CCCOc1nn(CCC)cc1C(=O)Nc1cc(C)cc(C)c1. The Morgan fingerprint density at radius 2 is 1.87 bits per heavy atom. The molecule has 0 bridgehead atoms. The fraction of sp³-hybridized carbons (Fsp3) is 0.444. The highest BCUT2D eigenvalue weighted by atomic mass is 16.5. The maximum absolute atomic E-state index is 12.6. The first kappa shape index (κ1) is 17.1. The van der Waals surface area contributed by atoms with Gasteiger partial charge in [-0.3, -0.25) is 9.48 Å². The first-order chi connectivity index (χ1) is 11.0. The highest BCUT2D eigenvalue weighted by Crippen LogP contribution is 2.20. The van der Waals surface area contributed by atoms with Crippen LogP contribution >= 0.6 is 0 Å². The van der Waals surface area contributed by atoms with Crippen molar-refractivity contribution in [1.82, 2.24) is 9.78 Å². The minimum Gasteiger partial charge on any atom is -0.476 e. The number of benzene rings is 1. The first-order valence-electron chi connectivity index (χ1n) is 8.13. The van der Waals surface area contributed by atoms with Crippen molar-refractivity contribution in [3.63, 3.8) is 0 Å². The molecule has 124 valence electrons. The van der Waals surface area contributed by atoms with Crippen molar-refractivity contribution in [2.24, 2.45) is 0 Å². The molecule has 1 N–H and O–H groups in total. The molecule has 0 radical (unpaired) electrons. The number of anilines is 1. The molecule has 0 aliphatic heterocycles. The molecular formula is C18H25N3O2. The van der Waals surface area contributed by atoms with Crippen LogP contribution in [-0.2, 0) is 6.54 Å². The van der Waals surface area contributed by atoms with Gasteiger partial charge in [-0.05, 0) is 49.9 Å². The Morgan fingerprint density at radius 3 is 2.48 bits per heavy atom.